The van der Waals surface area contributed by atoms with E-state index in [0.29, 0.717) is 18.1 Å². The molecule has 1 aliphatic carbocycles. The van der Waals surface area contributed by atoms with Crippen molar-refractivity contribution in [2.75, 3.05) is 6.67 Å². The van der Waals surface area contributed by atoms with E-state index in [4.69, 9.17) is 0 Å². The molecule has 0 radical (unpaired) electrons. The SMILES string of the molecule is CC1(C)CCC(N2CNC(c3ccccc3)C2=O)CC1. The van der Waals surface area contributed by atoms with Gasteiger partial charge in [-0.05, 0) is 36.7 Å². The molecule has 2 aliphatic rings. The highest BCUT2D eigenvalue weighted by molar-refractivity contribution is 5.85. The van der Waals surface area contributed by atoms with E-state index in [2.05, 4.69) is 24.1 Å². The highest BCUT2D eigenvalue weighted by atomic mass is 16.2. The number of nitrogens with zero attached hydrogens (tertiary/aromatic N) is 1. The third kappa shape index (κ3) is 2.59. The van der Waals surface area contributed by atoms with Crippen LogP contribution in [0.15, 0.2) is 30.3 Å². The maximum Gasteiger partial charge on any atom is 0.245 e. The minimum Gasteiger partial charge on any atom is -0.325 e. The first-order valence-corrected chi connectivity index (χ1v) is 7.66. The van der Waals surface area contributed by atoms with E-state index < -0.39 is 0 Å². The van der Waals surface area contributed by atoms with Gasteiger partial charge >= 0.3 is 0 Å². The van der Waals surface area contributed by atoms with Crippen molar-refractivity contribution in [2.24, 2.45) is 5.41 Å². The smallest absolute Gasteiger partial charge is 0.245 e. The lowest BCUT2D eigenvalue weighted by Crippen LogP contribution is -2.41. The fourth-order valence-electron chi connectivity index (χ4n) is 3.43. The Morgan fingerprint density at radius 1 is 1.15 bits per heavy atom. The summed E-state index contributed by atoms with van der Waals surface area (Å²) in [6, 6.07) is 10.3. The van der Waals surface area contributed by atoms with Gasteiger partial charge in [0.1, 0.15) is 6.04 Å². The lowest BCUT2D eigenvalue weighted by atomic mass is 9.75. The molecule has 1 N–H and O–H groups in total. The van der Waals surface area contributed by atoms with Crippen LogP contribution in [-0.2, 0) is 4.79 Å². The number of hydrogen-bond acceptors (Lipinski definition) is 2. The summed E-state index contributed by atoms with van der Waals surface area (Å²) in [5, 5.41) is 3.37. The van der Waals surface area contributed by atoms with Gasteiger partial charge in [-0.25, -0.2) is 0 Å². The number of benzene rings is 1. The molecule has 3 nitrogen and oxygen atoms in total. The van der Waals surface area contributed by atoms with Gasteiger partial charge in [-0.1, -0.05) is 44.2 Å². The van der Waals surface area contributed by atoms with E-state index in [1.807, 2.05) is 30.3 Å². The fraction of sp³-hybridized carbons (Fsp3) is 0.588. The second-order valence-electron chi connectivity index (χ2n) is 6.91. The highest BCUT2D eigenvalue weighted by Crippen LogP contribution is 2.38. The van der Waals surface area contributed by atoms with Crippen LogP contribution in [0.3, 0.4) is 0 Å². The molecule has 1 aliphatic heterocycles. The summed E-state index contributed by atoms with van der Waals surface area (Å²) in [6.07, 6.45) is 4.72. The molecular formula is C17H24N2O. The van der Waals surface area contributed by atoms with E-state index in [1.165, 1.54) is 12.8 Å². The average molecular weight is 272 g/mol. The summed E-state index contributed by atoms with van der Waals surface area (Å²) < 4.78 is 0. The normalized spacial score (nSPS) is 27.0. The molecule has 0 spiro atoms. The van der Waals surface area contributed by atoms with Crippen LogP contribution in [0.1, 0.15) is 51.1 Å². The summed E-state index contributed by atoms with van der Waals surface area (Å²) in [6.45, 7) is 5.36. The van der Waals surface area contributed by atoms with Gasteiger partial charge in [-0.3, -0.25) is 10.1 Å². The van der Waals surface area contributed by atoms with Crippen molar-refractivity contribution in [1.29, 1.82) is 0 Å². The lowest BCUT2D eigenvalue weighted by molar-refractivity contribution is -0.131. The monoisotopic (exact) mass is 272 g/mol. The van der Waals surface area contributed by atoms with Crippen LogP contribution in [0.5, 0.6) is 0 Å². The average Bonchev–Trinajstić information content (AvgIpc) is 2.82. The molecule has 2 fully saturated rings. The Bertz CT molecular complexity index is 473. The number of amides is 1. The molecule has 1 aromatic carbocycles. The van der Waals surface area contributed by atoms with Crippen molar-refractivity contribution in [3.8, 4) is 0 Å². The van der Waals surface area contributed by atoms with Gasteiger partial charge in [0, 0.05) is 6.04 Å². The molecule has 3 heteroatoms. The Balaban J connectivity index is 1.68. The maximum atomic E-state index is 12.6. The first-order valence-electron chi connectivity index (χ1n) is 7.66. The zero-order valence-electron chi connectivity index (χ0n) is 12.4. The number of nitrogens with one attached hydrogen (secondary N) is 1. The molecule has 108 valence electrons. The minimum atomic E-state index is -0.147. The third-order valence-corrected chi connectivity index (χ3v) is 4.88. The van der Waals surface area contributed by atoms with Gasteiger partial charge in [0.05, 0.1) is 6.67 Å². The van der Waals surface area contributed by atoms with Gasteiger partial charge in [0.25, 0.3) is 0 Å². The minimum absolute atomic E-state index is 0.147. The quantitative estimate of drug-likeness (QED) is 0.897. The second kappa shape index (κ2) is 5.21. The zero-order valence-corrected chi connectivity index (χ0v) is 12.4. The van der Waals surface area contributed by atoms with Crippen molar-refractivity contribution < 1.29 is 4.79 Å². The summed E-state index contributed by atoms with van der Waals surface area (Å²) in [7, 11) is 0. The van der Waals surface area contributed by atoms with E-state index in [0.717, 1.165) is 18.4 Å². The Kier molecular flexibility index (Phi) is 3.55. The topological polar surface area (TPSA) is 32.3 Å². The van der Waals surface area contributed by atoms with Crippen molar-refractivity contribution in [2.45, 2.75) is 51.6 Å². The standard InChI is InChI=1S/C17H24N2O/c1-17(2)10-8-14(9-11-17)19-12-18-15(16(19)20)13-6-4-3-5-7-13/h3-7,14-15,18H,8-12H2,1-2H3. The number of carbonyl (C=O) groups excluding carboxylic acids is 1. The highest BCUT2D eigenvalue weighted by Gasteiger charge is 2.38. The Morgan fingerprint density at radius 2 is 1.80 bits per heavy atom. The van der Waals surface area contributed by atoms with Crippen LogP contribution >= 0.6 is 0 Å². The predicted molar refractivity (Wildman–Crippen MR) is 80.1 cm³/mol. The molecular weight excluding hydrogens is 248 g/mol. The fourth-order valence-corrected chi connectivity index (χ4v) is 3.43. The molecule has 3 rings (SSSR count). The predicted octanol–water partition coefficient (Wildman–Crippen LogP) is 3.09. The molecule has 1 aromatic rings. The molecule has 1 unspecified atom stereocenters. The van der Waals surface area contributed by atoms with Gasteiger partial charge < -0.3 is 4.90 Å². The number of hydrogen-bond donors (Lipinski definition) is 1. The largest absolute Gasteiger partial charge is 0.325 e. The zero-order chi connectivity index (χ0) is 14.2. The van der Waals surface area contributed by atoms with Crippen molar-refractivity contribution in [1.82, 2.24) is 10.2 Å². The summed E-state index contributed by atoms with van der Waals surface area (Å²) in [4.78, 5) is 14.7. The Morgan fingerprint density at radius 3 is 2.45 bits per heavy atom. The maximum absolute atomic E-state index is 12.6. The van der Waals surface area contributed by atoms with Crippen LogP contribution in [0, 0.1) is 5.41 Å². The molecule has 1 saturated carbocycles. The van der Waals surface area contributed by atoms with Gasteiger partial charge in [-0.15, -0.1) is 0 Å². The molecule has 1 heterocycles. The summed E-state index contributed by atoms with van der Waals surface area (Å²) in [5.41, 5.74) is 1.53. The lowest BCUT2D eigenvalue weighted by Gasteiger charge is -2.38. The Hall–Kier alpha value is -1.35. The van der Waals surface area contributed by atoms with Crippen molar-refractivity contribution >= 4 is 5.91 Å². The molecule has 1 atom stereocenters. The first-order chi connectivity index (χ1) is 9.57. The van der Waals surface area contributed by atoms with Crippen LogP contribution in [0.2, 0.25) is 0 Å². The molecule has 1 saturated heterocycles. The summed E-state index contributed by atoms with van der Waals surface area (Å²) >= 11 is 0. The van der Waals surface area contributed by atoms with E-state index in [9.17, 15) is 4.79 Å². The molecule has 20 heavy (non-hydrogen) atoms. The van der Waals surface area contributed by atoms with Gasteiger partial charge in [0.15, 0.2) is 0 Å². The van der Waals surface area contributed by atoms with Crippen LogP contribution in [-0.4, -0.2) is 23.5 Å². The van der Waals surface area contributed by atoms with Crippen LogP contribution < -0.4 is 5.32 Å². The van der Waals surface area contributed by atoms with Crippen molar-refractivity contribution in [3.63, 3.8) is 0 Å². The van der Waals surface area contributed by atoms with Gasteiger partial charge in [0.2, 0.25) is 5.91 Å². The summed E-state index contributed by atoms with van der Waals surface area (Å²) in [5.74, 6) is 0.251. The molecule has 0 bridgehead atoms. The first kappa shape index (κ1) is 13.6. The second-order valence-corrected chi connectivity index (χ2v) is 6.91. The van der Waals surface area contributed by atoms with Gasteiger partial charge in [-0.2, -0.15) is 0 Å². The van der Waals surface area contributed by atoms with E-state index in [1.54, 1.807) is 0 Å². The van der Waals surface area contributed by atoms with Crippen molar-refractivity contribution in [3.05, 3.63) is 35.9 Å². The number of rotatable bonds is 2. The molecule has 0 aromatic heterocycles. The number of carbonyl (C=O) groups is 1. The molecule has 1 amide bonds. The van der Waals surface area contributed by atoms with Crippen LogP contribution in [0.25, 0.3) is 0 Å². The van der Waals surface area contributed by atoms with E-state index in [-0.39, 0.29) is 11.9 Å². The van der Waals surface area contributed by atoms with Crippen LogP contribution in [0.4, 0.5) is 0 Å². The Labute approximate surface area is 121 Å². The third-order valence-electron chi connectivity index (χ3n) is 4.88. The van der Waals surface area contributed by atoms with E-state index >= 15 is 0 Å².